The Morgan fingerprint density at radius 3 is 2.44 bits per heavy atom. The number of aromatic nitrogens is 1. The fourth-order valence-corrected chi connectivity index (χ4v) is 3.24. The summed E-state index contributed by atoms with van der Waals surface area (Å²) in [4.78, 5) is 29.9. The number of nitrogens with zero attached hydrogens (tertiary/aromatic N) is 1. The number of aryl methyl sites for hydroxylation is 1. The molecule has 3 aromatic rings. The number of rotatable bonds is 7. The van der Waals surface area contributed by atoms with Crippen LogP contribution in [0.25, 0.3) is 0 Å². The quantitative estimate of drug-likeness (QED) is 0.481. The number of para-hydroxylation sites is 1. The van der Waals surface area contributed by atoms with Crippen LogP contribution in [-0.4, -0.2) is 23.8 Å². The summed E-state index contributed by atoms with van der Waals surface area (Å²) in [6, 6.07) is 18.9. The SMILES string of the molecule is CC#CCC(C(=O)Nc1cc(C(=O)NC)cnc1Nc1ccccc1C)c1ccccc1. The molecule has 1 atom stereocenters. The Labute approximate surface area is 188 Å². The van der Waals surface area contributed by atoms with Crippen LogP contribution in [0.2, 0.25) is 0 Å². The highest BCUT2D eigenvalue weighted by Crippen LogP contribution is 2.28. The second kappa shape index (κ2) is 10.8. The van der Waals surface area contributed by atoms with Crippen molar-refractivity contribution in [2.24, 2.45) is 0 Å². The number of anilines is 3. The molecule has 0 fully saturated rings. The number of hydrogen-bond acceptors (Lipinski definition) is 4. The topological polar surface area (TPSA) is 83.1 Å². The third-order valence-electron chi connectivity index (χ3n) is 5.03. The molecule has 0 aliphatic rings. The number of nitrogens with one attached hydrogen (secondary N) is 3. The summed E-state index contributed by atoms with van der Waals surface area (Å²) in [6.07, 6.45) is 1.86. The third kappa shape index (κ3) is 5.52. The first-order valence-corrected chi connectivity index (χ1v) is 10.3. The zero-order chi connectivity index (χ0) is 22.9. The molecule has 0 saturated heterocycles. The summed E-state index contributed by atoms with van der Waals surface area (Å²) in [7, 11) is 1.55. The predicted molar refractivity (Wildman–Crippen MR) is 128 cm³/mol. The van der Waals surface area contributed by atoms with E-state index in [-0.39, 0.29) is 11.8 Å². The van der Waals surface area contributed by atoms with E-state index in [4.69, 9.17) is 0 Å². The number of amides is 2. The number of benzene rings is 2. The van der Waals surface area contributed by atoms with E-state index in [0.29, 0.717) is 23.5 Å². The minimum atomic E-state index is -0.460. The molecule has 0 spiro atoms. The number of pyridine rings is 1. The van der Waals surface area contributed by atoms with Gasteiger partial charge in [-0.1, -0.05) is 48.5 Å². The molecule has 0 saturated carbocycles. The van der Waals surface area contributed by atoms with Gasteiger partial charge in [-0.15, -0.1) is 11.8 Å². The Balaban J connectivity index is 1.97. The largest absolute Gasteiger partial charge is 0.355 e. The Morgan fingerprint density at radius 1 is 1.03 bits per heavy atom. The molecule has 1 unspecified atom stereocenters. The molecule has 32 heavy (non-hydrogen) atoms. The summed E-state index contributed by atoms with van der Waals surface area (Å²) in [6.45, 7) is 3.73. The van der Waals surface area contributed by atoms with Crippen molar-refractivity contribution in [1.29, 1.82) is 0 Å². The number of carbonyl (C=O) groups excluding carboxylic acids is 2. The van der Waals surface area contributed by atoms with E-state index in [1.165, 1.54) is 6.20 Å². The van der Waals surface area contributed by atoms with Gasteiger partial charge in [0.05, 0.1) is 17.2 Å². The summed E-state index contributed by atoms with van der Waals surface area (Å²) in [5.74, 6) is 5.36. The maximum Gasteiger partial charge on any atom is 0.252 e. The maximum absolute atomic E-state index is 13.3. The highest BCUT2D eigenvalue weighted by molar-refractivity contribution is 6.01. The van der Waals surface area contributed by atoms with Crippen LogP contribution in [0.15, 0.2) is 66.9 Å². The Kier molecular flexibility index (Phi) is 7.60. The second-order valence-electron chi connectivity index (χ2n) is 7.22. The van der Waals surface area contributed by atoms with Gasteiger partial charge in [-0.05, 0) is 37.1 Å². The average Bonchev–Trinajstić information content (AvgIpc) is 2.82. The Hall–Kier alpha value is -4.11. The van der Waals surface area contributed by atoms with Crippen LogP contribution in [0, 0.1) is 18.8 Å². The highest BCUT2D eigenvalue weighted by atomic mass is 16.2. The van der Waals surface area contributed by atoms with Crippen LogP contribution in [0.1, 0.15) is 40.7 Å². The van der Waals surface area contributed by atoms with E-state index in [2.05, 4.69) is 32.8 Å². The van der Waals surface area contributed by atoms with Crippen LogP contribution in [0.3, 0.4) is 0 Å². The molecule has 2 aromatic carbocycles. The summed E-state index contributed by atoms with van der Waals surface area (Å²) < 4.78 is 0. The maximum atomic E-state index is 13.3. The molecule has 1 aromatic heterocycles. The molecule has 0 aliphatic heterocycles. The predicted octanol–water partition coefficient (Wildman–Crippen LogP) is 4.63. The molecule has 0 radical (unpaired) electrons. The molecule has 1 heterocycles. The monoisotopic (exact) mass is 426 g/mol. The van der Waals surface area contributed by atoms with E-state index in [9.17, 15) is 9.59 Å². The fourth-order valence-electron chi connectivity index (χ4n) is 3.24. The molecular weight excluding hydrogens is 400 g/mol. The normalized spacial score (nSPS) is 11.0. The van der Waals surface area contributed by atoms with Crippen molar-refractivity contribution in [2.75, 3.05) is 17.7 Å². The van der Waals surface area contributed by atoms with Crippen LogP contribution in [0.5, 0.6) is 0 Å². The second-order valence-corrected chi connectivity index (χ2v) is 7.22. The zero-order valence-electron chi connectivity index (χ0n) is 18.4. The van der Waals surface area contributed by atoms with E-state index < -0.39 is 5.92 Å². The van der Waals surface area contributed by atoms with E-state index in [0.717, 1.165) is 16.8 Å². The van der Waals surface area contributed by atoms with Gasteiger partial charge in [0.1, 0.15) is 0 Å². The molecule has 0 aliphatic carbocycles. The van der Waals surface area contributed by atoms with Crippen LogP contribution >= 0.6 is 0 Å². The minimum absolute atomic E-state index is 0.220. The van der Waals surface area contributed by atoms with E-state index in [1.807, 2.05) is 61.5 Å². The van der Waals surface area contributed by atoms with Crippen molar-refractivity contribution in [3.8, 4) is 11.8 Å². The number of carbonyl (C=O) groups is 2. The Bertz CT molecular complexity index is 1160. The van der Waals surface area contributed by atoms with Gasteiger partial charge in [-0.2, -0.15) is 0 Å². The van der Waals surface area contributed by atoms with Crippen LogP contribution in [-0.2, 0) is 4.79 Å². The third-order valence-corrected chi connectivity index (χ3v) is 5.03. The summed E-state index contributed by atoms with van der Waals surface area (Å²) in [5, 5.41) is 8.82. The van der Waals surface area contributed by atoms with Gasteiger partial charge < -0.3 is 16.0 Å². The molecule has 3 rings (SSSR count). The van der Waals surface area contributed by atoms with Gasteiger partial charge in [0.25, 0.3) is 5.91 Å². The number of hydrogen-bond donors (Lipinski definition) is 3. The fraction of sp³-hybridized carbons (Fsp3) is 0.192. The zero-order valence-corrected chi connectivity index (χ0v) is 18.4. The lowest BCUT2D eigenvalue weighted by Gasteiger charge is -2.18. The minimum Gasteiger partial charge on any atom is -0.355 e. The molecule has 0 bridgehead atoms. The standard InChI is InChI=1S/C26H26N4O2/c1-4-5-14-21(19-12-7-6-8-13-19)26(32)30-23-16-20(25(31)27-3)17-28-24(23)29-22-15-10-9-11-18(22)2/h6-13,15-17,21H,14H2,1-3H3,(H,27,31)(H,28,29)(H,30,32). The van der Waals surface area contributed by atoms with Crippen molar-refractivity contribution in [1.82, 2.24) is 10.3 Å². The molecule has 3 N–H and O–H groups in total. The van der Waals surface area contributed by atoms with Crippen molar-refractivity contribution in [3.63, 3.8) is 0 Å². The smallest absolute Gasteiger partial charge is 0.252 e. The molecule has 6 nitrogen and oxygen atoms in total. The molecular formula is C26H26N4O2. The van der Waals surface area contributed by atoms with Crippen molar-refractivity contribution < 1.29 is 9.59 Å². The van der Waals surface area contributed by atoms with Crippen LogP contribution < -0.4 is 16.0 Å². The van der Waals surface area contributed by atoms with Gasteiger partial charge in [0.15, 0.2) is 5.82 Å². The van der Waals surface area contributed by atoms with Gasteiger partial charge in [0.2, 0.25) is 5.91 Å². The highest BCUT2D eigenvalue weighted by Gasteiger charge is 2.22. The van der Waals surface area contributed by atoms with E-state index >= 15 is 0 Å². The summed E-state index contributed by atoms with van der Waals surface area (Å²) >= 11 is 0. The summed E-state index contributed by atoms with van der Waals surface area (Å²) in [5.41, 5.74) is 3.53. The molecule has 2 amide bonds. The van der Waals surface area contributed by atoms with Crippen molar-refractivity contribution in [2.45, 2.75) is 26.2 Å². The molecule has 6 heteroatoms. The lowest BCUT2D eigenvalue weighted by atomic mass is 9.95. The lowest BCUT2D eigenvalue weighted by molar-refractivity contribution is -0.117. The first-order valence-electron chi connectivity index (χ1n) is 10.3. The first kappa shape index (κ1) is 22.6. The van der Waals surface area contributed by atoms with Crippen molar-refractivity contribution in [3.05, 3.63) is 83.6 Å². The van der Waals surface area contributed by atoms with Gasteiger partial charge in [0, 0.05) is 25.4 Å². The van der Waals surface area contributed by atoms with Gasteiger partial charge in [-0.3, -0.25) is 9.59 Å². The average molecular weight is 427 g/mol. The first-order chi connectivity index (χ1) is 15.5. The van der Waals surface area contributed by atoms with E-state index in [1.54, 1.807) is 20.0 Å². The van der Waals surface area contributed by atoms with Gasteiger partial charge in [-0.25, -0.2) is 4.98 Å². The van der Waals surface area contributed by atoms with Crippen LogP contribution in [0.4, 0.5) is 17.2 Å². The lowest BCUT2D eigenvalue weighted by Crippen LogP contribution is -2.23. The molecule has 162 valence electrons. The van der Waals surface area contributed by atoms with Crippen molar-refractivity contribution >= 4 is 29.0 Å². The Morgan fingerprint density at radius 2 is 1.75 bits per heavy atom. The van der Waals surface area contributed by atoms with Gasteiger partial charge >= 0.3 is 0 Å².